The second kappa shape index (κ2) is 6.26. The molecule has 0 aliphatic heterocycles. The largest absolute Gasteiger partial charge is 0.350 e. The number of halogens is 2. The first-order valence-corrected chi connectivity index (χ1v) is 7.15. The van der Waals surface area contributed by atoms with Crippen molar-refractivity contribution >= 4 is 44.8 Å². The lowest BCUT2D eigenvalue weighted by molar-refractivity contribution is 0.0948. The average Bonchev–Trinajstić information content (AvgIpc) is 2.76. The highest BCUT2D eigenvalue weighted by Crippen LogP contribution is 2.22. The second-order valence-corrected chi connectivity index (χ2v) is 6.39. The first kappa shape index (κ1) is 13.5. The van der Waals surface area contributed by atoms with Crippen molar-refractivity contribution in [3.05, 3.63) is 43.8 Å². The van der Waals surface area contributed by atoms with Crippen molar-refractivity contribution in [1.82, 2.24) is 15.5 Å². The number of carbonyl (C=O) groups is 1. The fourth-order valence-corrected chi connectivity index (χ4v) is 2.90. The Hall–Kier alpha value is -0.980. The number of nitrogens with one attached hydrogen (secondary N) is 1. The fourth-order valence-electron chi connectivity index (χ4n) is 1.31. The van der Waals surface area contributed by atoms with Crippen LogP contribution in [0.2, 0.25) is 5.15 Å². The summed E-state index contributed by atoms with van der Waals surface area (Å²) >= 11 is 10.6. The summed E-state index contributed by atoms with van der Waals surface area (Å²) in [5.74, 6) is -0.241. The van der Waals surface area contributed by atoms with E-state index in [9.17, 15) is 4.79 Å². The molecule has 0 radical (unpaired) electrons. The van der Waals surface area contributed by atoms with E-state index >= 15 is 0 Å². The number of aromatic nitrogens is 2. The molecule has 1 N–H and O–H groups in total. The molecule has 0 saturated heterocycles. The van der Waals surface area contributed by atoms with Crippen molar-refractivity contribution in [3.8, 4) is 0 Å². The lowest BCUT2D eigenvalue weighted by Crippen LogP contribution is -2.26. The maximum Gasteiger partial charge on any atom is 0.271 e. The number of amides is 1. The molecule has 0 aliphatic carbocycles. The van der Waals surface area contributed by atoms with Crippen LogP contribution in [-0.4, -0.2) is 22.6 Å². The third-order valence-electron chi connectivity index (χ3n) is 2.15. The molecule has 0 aliphatic rings. The molecule has 2 rings (SSSR count). The van der Waals surface area contributed by atoms with Gasteiger partial charge in [0.15, 0.2) is 10.8 Å². The highest BCUT2D eigenvalue weighted by Gasteiger charge is 2.07. The molecule has 2 heterocycles. The smallest absolute Gasteiger partial charge is 0.271 e. The van der Waals surface area contributed by atoms with Gasteiger partial charge < -0.3 is 5.32 Å². The van der Waals surface area contributed by atoms with Crippen LogP contribution in [0.4, 0.5) is 0 Å². The van der Waals surface area contributed by atoms with Crippen molar-refractivity contribution in [2.45, 2.75) is 6.42 Å². The van der Waals surface area contributed by atoms with E-state index in [1.165, 1.54) is 4.88 Å². The van der Waals surface area contributed by atoms with Gasteiger partial charge in [-0.15, -0.1) is 21.5 Å². The van der Waals surface area contributed by atoms with Gasteiger partial charge in [0.2, 0.25) is 0 Å². The fraction of sp³-hybridized carbons (Fsp3) is 0.182. The molecule has 0 atom stereocenters. The summed E-state index contributed by atoms with van der Waals surface area (Å²) in [6.45, 7) is 0.566. The van der Waals surface area contributed by atoms with Crippen LogP contribution in [0, 0.1) is 0 Å². The normalized spacial score (nSPS) is 10.3. The summed E-state index contributed by atoms with van der Waals surface area (Å²) in [6.07, 6.45) is 0.795. The van der Waals surface area contributed by atoms with Gasteiger partial charge in [-0.2, -0.15) is 0 Å². The van der Waals surface area contributed by atoms with Gasteiger partial charge in [-0.25, -0.2) is 0 Å². The second-order valence-electron chi connectivity index (χ2n) is 3.45. The maximum atomic E-state index is 11.7. The number of rotatable bonds is 4. The van der Waals surface area contributed by atoms with E-state index in [2.05, 4.69) is 31.4 Å². The van der Waals surface area contributed by atoms with Crippen molar-refractivity contribution in [3.63, 3.8) is 0 Å². The van der Waals surface area contributed by atoms with Crippen LogP contribution in [0.5, 0.6) is 0 Å². The third-order valence-corrected chi connectivity index (χ3v) is 4.04. The Balaban J connectivity index is 1.83. The van der Waals surface area contributed by atoms with Crippen molar-refractivity contribution in [2.75, 3.05) is 6.54 Å². The summed E-state index contributed by atoms with van der Waals surface area (Å²) in [4.78, 5) is 12.9. The molecule has 1 amide bonds. The Morgan fingerprint density at radius 3 is 2.78 bits per heavy atom. The van der Waals surface area contributed by atoms with Gasteiger partial charge in [0.1, 0.15) is 0 Å². The minimum absolute atomic E-state index is 0.241. The van der Waals surface area contributed by atoms with Gasteiger partial charge in [0.05, 0.1) is 3.79 Å². The van der Waals surface area contributed by atoms with Gasteiger partial charge >= 0.3 is 0 Å². The Morgan fingerprint density at radius 2 is 2.17 bits per heavy atom. The molecule has 2 aromatic heterocycles. The molecule has 0 fully saturated rings. The van der Waals surface area contributed by atoms with Crippen LogP contribution >= 0.6 is 38.9 Å². The maximum absolute atomic E-state index is 11.7. The number of nitrogens with zero attached hydrogens (tertiary/aromatic N) is 2. The van der Waals surface area contributed by atoms with Gasteiger partial charge in [0.25, 0.3) is 5.91 Å². The van der Waals surface area contributed by atoms with Gasteiger partial charge in [-0.1, -0.05) is 11.6 Å². The summed E-state index contributed by atoms with van der Waals surface area (Å²) < 4.78 is 1.09. The van der Waals surface area contributed by atoms with Gasteiger partial charge in [0, 0.05) is 11.4 Å². The summed E-state index contributed by atoms with van der Waals surface area (Å²) in [5, 5.41) is 10.4. The van der Waals surface area contributed by atoms with Crippen molar-refractivity contribution in [1.29, 1.82) is 0 Å². The highest BCUT2D eigenvalue weighted by molar-refractivity contribution is 9.11. The number of carbonyl (C=O) groups excluding carboxylic acids is 1. The van der Waals surface area contributed by atoms with Gasteiger partial charge in [-0.05, 0) is 46.6 Å². The minimum Gasteiger partial charge on any atom is -0.350 e. The van der Waals surface area contributed by atoms with E-state index in [0.29, 0.717) is 6.54 Å². The summed E-state index contributed by atoms with van der Waals surface area (Å²) in [6, 6.07) is 7.11. The summed E-state index contributed by atoms with van der Waals surface area (Å²) in [5.41, 5.74) is 0.270. The average molecular weight is 347 g/mol. The minimum atomic E-state index is -0.241. The third kappa shape index (κ3) is 3.76. The molecule has 94 valence electrons. The molecular formula is C11H9BrClN3OS. The zero-order valence-corrected chi connectivity index (χ0v) is 12.3. The molecule has 18 heavy (non-hydrogen) atoms. The standard InChI is InChI=1S/C11H9BrClN3OS/c12-9-3-1-7(18-9)5-6-14-11(17)8-2-4-10(13)16-15-8/h1-4H,5-6H2,(H,14,17). The lowest BCUT2D eigenvalue weighted by Gasteiger charge is -2.02. The van der Waals surface area contributed by atoms with E-state index in [1.54, 1.807) is 23.5 Å². The van der Waals surface area contributed by atoms with Crippen LogP contribution in [0.25, 0.3) is 0 Å². The molecule has 0 bridgehead atoms. The molecular weight excluding hydrogens is 338 g/mol. The predicted octanol–water partition coefficient (Wildman–Crippen LogP) is 2.93. The first-order chi connectivity index (χ1) is 8.65. The molecule has 4 nitrogen and oxygen atoms in total. The quantitative estimate of drug-likeness (QED) is 0.926. The Labute approximate surface area is 122 Å². The zero-order chi connectivity index (χ0) is 13.0. The Morgan fingerprint density at radius 1 is 1.33 bits per heavy atom. The molecule has 7 heteroatoms. The van der Waals surface area contributed by atoms with E-state index in [1.807, 2.05) is 12.1 Å². The van der Waals surface area contributed by atoms with E-state index in [-0.39, 0.29) is 16.8 Å². The number of hydrogen-bond acceptors (Lipinski definition) is 4. The molecule has 0 saturated carbocycles. The Kier molecular flexibility index (Phi) is 4.68. The number of thiophene rings is 1. The zero-order valence-electron chi connectivity index (χ0n) is 9.19. The van der Waals surface area contributed by atoms with Crippen LogP contribution in [-0.2, 0) is 6.42 Å². The highest BCUT2D eigenvalue weighted by atomic mass is 79.9. The molecule has 0 aromatic carbocycles. The Bertz CT molecular complexity index is 543. The van der Waals surface area contributed by atoms with E-state index in [0.717, 1.165) is 10.2 Å². The number of hydrogen-bond donors (Lipinski definition) is 1. The van der Waals surface area contributed by atoms with Crippen molar-refractivity contribution < 1.29 is 4.79 Å². The summed E-state index contributed by atoms with van der Waals surface area (Å²) in [7, 11) is 0. The van der Waals surface area contributed by atoms with E-state index in [4.69, 9.17) is 11.6 Å². The van der Waals surface area contributed by atoms with Crippen LogP contribution in [0.3, 0.4) is 0 Å². The monoisotopic (exact) mass is 345 g/mol. The van der Waals surface area contributed by atoms with Gasteiger partial charge in [-0.3, -0.25) is 4.79 Å². The predicted molar refractivity (Wildman–Crippen MR) is 75.1 cm³/mol. The van der Waals surface area contributed by atoms with Crippen molar-refractivity contribution in [2.24, 2.45) is 0 Å². The molecule has 2 aromatic rings. The molecule has 0 unspecified atom stereocenters. The first-order valence-electron chi connectivity index (χ1n) is 5.17. The van der Waals surface area contributed by atoms with Crippen LogP contribution in [0.1, 0.15) is 15.4 Å². The SMILES string of the molecule is O=C(NCCc1ccc(Br)s1)c1ccc(Cl)nn1. The molecule has 0 spiro atoms. The van der Waals surface area contributed by atoms with Crippen LogP contribution < -0.4 is 5.32 Å². The topological polar surface area (TPSA) is 54.9 Å². The lowest BCUT2D eigenvalue weighted by atomic mass is 10.3. The van der Waals surface area contributed by atoms with E-state index < -0.39 is 0 Å². The van der Waals surface area contributed by atoms with Crippen LogP contribution in [0.15, 0.2) is 28.1 Å².